The Labute approximate surface area is 124 Å². The van der Waals surface area contributed by atoms with E-state index in [4.69, 9.17) is 9.47 Å². The van der Waals surface area contributed by atoms with E-state index in [1.54, 1.807) is 36.4 Å². The molecule has 2 aromatic carbocycles. The number of methoxy groups -OCH3 is 1. The Morgan fingerprint density at radius 3 is 2.70 bits per heavy atom. The van der Waals surface area contributed by atoms with E-state index in [9.17, 15) is 9.18 Å². The van der Waals surface area contributed by atoms with Crippen LogP contribution in [0.5, 0.6) is 5.75 Å². The fraction of sp³-hybridized carbons (Fsp3) is 0.133. The van der Waals surface area contributed by atoms with E-state index >= 15 is 0 Å². The van der Waals surface area contributed by atoms with Crippen molar-refractivity contribution < 1.29 is 18.7 Å². The molecule has 0 saturated heterocycles. The number of benzene rings is 2. The van der Waals surface area contributed by atoms with Gasteiger partial charge in [0.05, 0.1) is 7.11 Å². The zero-order valence-corrected chi connectivity index (χ0v) is 12.3. The molecule has 0 radical (unpaired) electrons. The van der Waals surface area contributed by atoms with E-state index in [1.807, 2.05) is 0 Å². The van der Waals surface area contributed by atoms with Crippen molar-refractivity contribution in [3.8, 4) is 5.75 Å². The van der Waals surface area contributed by atoms with Crippen LogP contribution in [0.1, 0.15) is 15.9 Å². The molecular formula is C15H12BrFO3. The Balaban J connectivity index is 2.21. The molecule has 2 rings (SSSR count). The molecule has 20 heavy (non-hydrogen) atoms. The molecule has 0 aliphatic rings. The first-order valence-electron chi connectivity index (χ1n) is 5.86. The molecule has 0 saturated carbocycles. The van der Waals surface area contributed by atoms with Crippen molar-refractivity contribution in [3.05, 3.63) is 63.9 Å². The molecule has 0 heterocycles. The van der Waals surface area contributed by atoms with Crippen molar-refractivity contribution >= 4 is 21.9 Å². The van der Waals surface area contributed by atoms with Crippen LogP contribution >= 0.6 is 15.9 Å². The fourth-order valence-electron chi connectivity index (χ4n) is 1.67. The smallest absolute Gasteiger partial charge is 0.341 e. The van der Waals surface area contributed by atoms with E-state index in [0.29, 0.717) is 16.9 Å². The van der Waals surface area contributed by atoms with E-state index < -0.39 is 5.97 Å². The van der Waals surface area contributed by atoms with E-state index in [-0.39, 0.29) is 12.4 Å². The first-order chi connectivity index (χ1) is 9.61. The van der Waals surface area contributed by atoms with E-state index in [0.717, 1.165) is 4.47 Å². The Morgan fingerprint density at radius 1 is 1.25 bits per heavy atom. The minimum absolute atomic E-state index is 0.0400. The lowest BCUT2D eigenvalue weighted by Gasteiger charge is -2.11. The molecular weight excluding hydrogens is 327 g/mol. The number of hydrogen-bond acceptors (Lipinski definition) is 3. The summed E-state index contributed by atoms with van der Waals surface area (Å²) in [6.45, 7) is 0.0400. The highest BCUT2D eigenvalue weighted by atomic mass is 79.9. The predicted octanol–water partition coefficient (Wildman–Crippen LogP) is 3.95. The van der Waals surface area contributed by atoms with Crippen molar-refractivity contribution in [1.82, 2.24) is 0 Å². The maximum atomic E-state index is 13.5. The first kappa shape index (κ1) is 14.5. The van der Waals surface area contributed by atoms with Crippen LogP contribution < -0.4 is 4.74 Å². The average molecular weight is 339 g/mol. The lowest BCUT2D eigenvalue weighted by Crippen LogP contribution is -2.06. The summed E-state index contributed by atoms with van der Waals surface area (Å²) < 4.78 is 24.4. The number of carbonyl (C=O) groups excluding carboxylic acids is 1. The number of halogens is 2. The largest absolute Gasteiger partial charge is 0.488 e. The summed E-state index contributed by atoms with van der Waals surface area (Å²) in [4.78, 5) is 11.7. The normalized spacial score (nSPS) is 10.2. The molecule has 0 aromatic heterocycles. The lowest BCUT2D eigenvalue weighted by atomic mass is 10.2. The third-order valence-corrected chi connectivity index (χ3v) is 3.18. The Bertz CT molecular complexity index is 628. The second-order valence-electron chi connectivity index (χ2n) is 4.01. The molecule has 0 amide bonds. The molecule has 0 spiro atoms. The zero-order chi connectivity index (χ0) is 14.5. The Hall–Kier alpha value is -1.88. The van der Waals surface area contributed by atoms with Gasteiger partial charge in [-0.25, -0.2) is 9.18 Å². The van der Waals surface area contributed by atoms with Gasteiger partial charge in [-0.05, 0) is 24.3 Å². The van der Waals surface area contributed by atoms with Gasteiger partial charge < -0.3 is 9.47 Å². The summed E-state index contributed by atoms with van der Waals surface area (Å²) in [7, 11) is 1.30. The highest BCUT2D eigenvalue weighted by molar-refractivity contribution is 9.10. The number of carbonyl (C=O) groups is 1. The highest BCUT2D eigenvalue weighted by Crippen LogP contribution is 2.25. The molecule has 0 aliphatic heterocycles. The van der Waals surface area contributed by atoms with Crippen molar-refractivity contribution in [1.29, 1.82) is 0 Å². The molecule has 0 atom stereocenters. The van der Waals surface area contributed by atoms with Gasteiger partial charge in [-0.3, -0.25) is 0 Å². The van der Waals surface area contributed by atoms with Crippen LogP contribution in [0.3, 0.4) is 0 Å². The summed E-state index contributed by atoms with van der Waals surface area (Å²) in [6, 6.07) is 11.3. The monoisotopic (exact) mass is 338 g/mol. The van der Waals surface area contributed by atoms with Crippen molar-refractivity contribution in [2.24, 2.45) is 0 Å². The third kappa shape index (κ3) is 3.36. The maximum Gasteiger partial charge on any atom is 0.341 e. The Morgan fingerprint density at radius 2 is 2.00 bits per heavy atom. The van der Waals surface area contributed by atoms with Gasteiger partial charge in [-0.2, -0.15) is 0 Å². The number of hydrogen-bond donors (Lipinski definition) is 0. The van der Waals surface area contributed by atoms with Gasteiger partial charge in [0.25, 0.3) is 0 Å². The second kappa shape index (κ2) is 6.52. The fourth-order valence-corrected chi connectivity index (χ4v) is 2.03. The summed E-state index contributed by atoms with van der Waals surface area (Å²) in [5.41, 5.74) is 0.712. The summed E-state index contributed by atoms with van der Waals surface area (Å²) in [6.07, 6.45) is 0. The summed E-state index contributed by atoms with van der Waals surface area (Å²) in [5, 5.41) is 0. The zero-order valence-electron chi connectivity index (χ0n) is 10.7. The second-order valence-corrected chi connectivity index (χ2v) is 4.93. The molecule has 0 N–H and O–H groups in total. The minimum atomic E-state index is -0.505. The topological polar surface area (TPSA) is 35.5 Å². The van der Waals surface area contributed by atoms with Crippen molar-refractivity contribution in [3.63, 3.8) is 0 Å². The minimum Gasteiger partial charge on any atom is -0.488 e. The molecule has 0 unspecified atom stereocenters. The molecule has 2 aromatic rings. The van der Waals surface area contributed by atoms with Crippen LogP contribution in [0.15, 0.2) is 46.9 Å². The van der Waals surface area contributed by atoms with Gasteiger partial charge >= 0.3 is 5.97 Å². The first-order valence-corrected chi connectivity index (χ1v) is 6.65. The molecule has 5 heteroatoms. The van der Waals surface area contributed by atoms with Gasteiger partial charge in [-0.15, -0.1) is 0 Å². The standard InChI is InChI=1S/C15H12BrFO3/c1-19-15(18)12-8-11(16)6-7-14(12)20-9-10-4-2-3-5-13(10)17/h2-8H,9H2,1H3. The molecule has 0 bridgehead atoms. The van der Waals surface area contributed by atoms with Crippen LogP contribution in [0.25, 0.3) is 0 Å². The predicted molar refractivity (Wildman–Crippen MR) is 76.2 cm³/mol. The van der Waals surface area contributed by atoms with Crippen LogP contribution in [0.4, 0.5) is 4.39 Å². The van der Waals surface area contributed by atoms with E-state index in [2.05, 4.69) is 15.9 Å². The Kier molecular flexibility index (Phi) is 4.74. The van der Waals surface area contributed by atoms with Gasteiger partial charge in [0, 0.05) is 10.0 Å². The third-order valence-electron chi connectivity index (χ3n) is 2.69. The average Bonchev–Trinajstić information content (AvgIpc) is 2.46. The molecule has 104 valence electrons. The number of rotatable bonds is 4. The summed E-state index contributed by atoms with van der Waals surface area (Å²) in [5.74, 6) is -0.498. The number of esters is 1. The highest BCUT2D eigenvalue weighted by Gasteiger charge is 2.14. The van der Waals surface area contributed by atoms with Crippen LogP contribution in [-0.4, -0.2) is 13.1 Å². The van der Waals surface area contributed by atoms with Crippen LogP contribution in [-0.2, 0) is 11.3 Å². The number of ether oxygens (including phenoxy) is 2. The molecule has 3 nitrogen and oxygen atoms in total. The van der Waals surface area contributed by atoms with Gasteiger partial charge in [0.2, 0.25) is 0 Å². The summed E-state index contributed by atoms with van der Waals surface area (Å²) >= 11 is 3.28. The van der Waals surface area contributed by atoms with Crippen molar-refractivity contribution in [2.75, 3.05) is 7.11 Å². The molecule has 0 aliphatic carbocycles. The quantitative estimate of drug-likeness (QED) is 0.791. The van der Waals surface area contributed by atoms with Crippen LogP contribution in [0, 0.1) is 5.82 Å². The van der Waals surface area contributed by atoms with Crippen LogP contribution in [0.2, 0.25) is 0 Å². The van der Waals surface area contributed by atoms with Gasteiger partial charge in [0.15, 0.2) is 0 Å². The SMILES string of the molecule is COC(=O)c1cc(Br)ccc1OCc1ccccc1F. The van der Waals surface area contributed by atoms with Crippen molar-refractivity contribution in [2.45, 2.75) is 6.61 Å². The molecule has 0 fully saturated rings. The van der Waals surface area contributed by atoms with Gasteiger partial charge in [-0.1, -0.05) is 34.1 Å². The van der Waals surface area contributed by atoms with Gasteiger partial charge in [0.1, 0.15) is 23.7 Å². The lowest BCUT2D eigenvalue weighted by molar-refractivity contribution is 0.0595. The van der Waals surface area contributed by atoms with E-state index in [1.165, 1.54) is 13.2 Å². The maximum absolute atomic E-state index is 13.5.